The van der Waals surface area contributed by atoms with Crippen LogP contribution >= 0.6 is 0 Å². The van der Waals surface area contributed by atoms with Gasteiger partial charge in [0, 0.05) is 24.2 Å². The number of hydrogen-bond acceptors (Lipinski definition) is 4. The summed E-state index contributed by atoms with van der Waals surface area (Å²) in [6.07, 6.45) is 4.68. The van der Waals surface area contributed by atoms with E-state index >= 15 is 0 Å². The normalized spacial score (nSPS) is 15.9. The quantitative estimate of drug-likeness (QED) is 0.726. The molecule has 138 valence electrons. The highest BCUT2D eigenvalue weighted by atomic mass is 16.5. The van der Waals surface area contributed by atoms with Gasteiger partial charge in [-0.1, -0.05) is 37.3 Å². The Balaban J connectivity index is 1.52. The first-order valence-corrected chi connectivity index (χ1v) is 9.10. The third-order valence-corrected chi connectivity index (χ3v) is 4.69. The average Bonchev–Trinajstić information content (AvgIpc) is 3.50. The minimum Gasteiger partial charge on any atom is -0.477 e. The maximum absolute atomic E-state index is 12.4. The maximum Gasteiger partial charge on any atom is 0.252 e. The van der Waals surface area contributed by atoms with Crippen LogP contribution < -0.4 is 10.1 Å². The highest BCUT2D eigenvalue weighted by Gasteiger charge is 2.25. The van der Waals surface area contributed by atoms with E-state index in [0.29, 0.717) is 36.9 Å². The number of aliphatic hydroxyl groups is 1. The van der Waals surface area contributed by atoms with Crippen molar-refractivity contribution in [3.63, 3.8) is 0 Å². The molecule has 2 aromatic rings. The second-order valence-electron chi connectivity index (χ2n) is 7.45. The topological polar surface area (TPSA) is 71.5 Å². The zero-order valence-electron chi connectivity index (χ0n) is 15.1. The standard InChI is InChI=1S/C21H26N2O3/c1-21(15-24,11-16-5-3-2-4-6-16)14-23-20(25)18-9-10-19(22-12-18)26-13-17-7-8-17/h2-6,9-10,12,17,24H,7-8,11,13-15H2,1H3,(H,23,25). The van der Waals surface area contributed by atoms with Crippen molar-refractivity contribution in [1.29, 1.82) is 0 Å². The van der Waals surface area contributed by atoms with Gasteiger partial charge in [0.25, 0.3) is 5.91 Å². The van der Waals surface area contributed by atoms with Crippen LogP contribution in [0, 0.1) is 11.3 Å². The predicted octanol–water partition coefficient (Wildman–Crippen LogP) is 2.84. The molecule has 1 aromatic carbocycles. The van der Waals surface area contributed by atoms with Gasteiger partial charge in [-0.05, 0) is 36.8 Å². The van der Waals surface area contributed by atoms with Gasteiger partial charge in [0.15, 0.2) is 0 Å². The zero-order valence-corrected chi connectivity index (χ0v) is 15.1. The number of carbonyl (C=O) groups is 1. The second-order valence-corrected chi connectivity index (χ2v) is 7.45. The molecule has 2 N–H and O–H groups in total. The summed E-state index contributed by atoms with van der Waals surface area (Å²) in [5.74, 6) is 1.03. The number of nitrogens with one attached hydrogen (secondary N) is 1. The summed E-state index contributed by atoms with van der Waals surface area (Å²) in [5, 5.41) is 12.7. The van der Waals surface area contributed by atoms with Crippen LogP contribution in [0.4, 0.5) is 0 Å². The zero-order chi connectivity index (χ0) is 18.4. The fourth-order valence-electron chi connectivity index (χ4n) is 2.75. The number of pyridine rings is 1. The van der Waals surface area contributed by atoms with Gasteiger partial charge in [0.1, 0.15) is 0 Å². The summed E-state index contributed by atoms with van der Waals surface area (Å²) >= 11 is 0. The average molecular weight is 354 g/mol. The molecule has 1 atom stereocenters. The molecule has 3 rings (SSSR count). The maximum atomic E-state index is 12.4. The molecule has 0 radical (unpaired) electrons. The lowest BCUT2D eigenvalue weighted by atomic mass is 9.84. The Morgan fingerprint density at radius 3 is 2.65 bits per heavy atom. The smallest absolute Gasteiger partial charge is 0.252 e. The Hall–Kier alpha value is -2.40. The van der Waals surface area contributed by atoms with Gasteiger partial charge in [-0.2, -0.15) is 0 Å². The van der Waals surface area contributed by atoms with Crippen molar-refractivity contribution in [3.8, 4) is 5.88 Å². The first kappa shape index (κ1) is 18.4. The monoisotopic (exact) mass is 354 g/mol. The molecule has 1 fully saturated rings. The van der Waals surface area contributed by atoms with Gasteiger partial charge in [0.05, 0.1) is 18.8 Å². The number of ether oxygens (including phenoxy) is 1. The van der Waals surface area contributed by atoms with Gasteiger partial charge in [-0.15, -0.1) is 0 Å². The molecule has 1 amide bonds. The van der Waals surface area contributed by atoms with E-state index in [9.17, 15) is 9.90 Å². The molecule has 0 spiro atoms. The number of carbonyl (C=O) groups excluding carboxylic acids is 1. The van der Waals surface area contributed by atoms with Crippen LogP contribution in [0.3, 0.4) is 0 Å². The Morgan fingerprint density at radius 1 is 1.27 bits per heavy atom. The van der Waals surface area contributed by atoms with Crippen LogP contribution in [0.2, 0.25) is 0 Å². The van der Waals surface area contributed by atoms with Crippen LogP contribution in [0.5, 0.6) is 5.88 Å². The van der Waals surface area contributed by atoms with Crippen molar-refractivity contribution in [2.75, 3.05) is 19.8 Å². The van der Waals surface area contributed by atoms with E-state index in [-0.39, 0.29) is 12.5 Å². The van der Waals surface area contributed by atoms with Crippen LogP contribution in [0.25, 0.3) is 0 Å². The summed E-state index contributed by atoms with van der Waals surface area (Å²) in [7, 11) is 0. The van der Waals surface area contributed by atoms with Crippen molar-refractivity contribution in [2.24, 2.45) is 11.3 Å². The molecule has 1 unspecified atom stereocenters. The minimum absolute atomic E-state index is 0.00559. The van der Waals surface area contributed by atoms with E-state index in [1.807, 2.05) is 37.3 Å². The van der Waals surface area contributed by atoms with Crippen molar-refractivity contribution in [1.82, 2.24) is 10.3 Å². The van der Waals surface area contributed by atoms with Crippen LogP contribution in [-0.2, 0) is 6.42 Å². The lowest BCUT2D eigenvalue weighted by Gasteiger charge is -2.27. The number of hydrogen-bond donors (Lipinski definition) is 2. The predicted molar refractivity (Wildman–Crippen MR) is 100 cm³/mol. The fraction of sp³-hybridized carbons (Fsp3) is 0.429. The van der Waals surface area contributed by atoms with Crippen molar-refractivity contribution in [2.45, 2.75) is 26.2 Å². The summed E-state index contributed by atoms with van der Waals surface area (Å²) in [6, 6.07) is 13.4. The Kier molecular flexibility index (Phi) is 5.89. The number of aromatic nitrogens is 1. The SMILES string of the molecule is CC(CO)(CNC(=O)c1ccc(OCC2CC2)nc1)Cc1ccccc1. The van der Waals surface area contributed by atoms with E-state index < -0.39 is 5.41 Å². The molecular formula is C21H26N2O3. The lowest BCUT2D eigenvalue weighted by Crippen LogP contribution is -2.39. The van der Waals surface area contributed by atoms with E-state index in [4.69, 9.17) is 4.74 Å². The first-order valence-electron chi connectivity index (χ1n) is 9.10. The number of nitrogens with zero attached hydrogens (tertiary/aromatic N) is 1. The molecule has 1 aromatic heterocycles. The van der Waals surface area contributed by atoms with E-state index in [1.165, 1.54) is 19.0 Å². The molecule has 1 aliphatic rings. The lowest BCUT2D eigenvalue weighted by molar-refractivity contribution is 0.0895. The van der Waals surface area contributed by atoms with Crippen molar-refractivity contribution < 1.29 is 14.6 Å². The van der Waals surface area contributed by atoms with E-state index in [1.54, 1.807) is 12.1 Å². The van der Waals surface area contributed by atoms with Crippen LogP contribution in [0.1, 0.15) is 35.7 Å². The Morgan fingerprint density at radius 2 is 2.04 bits per heavy atom. The highest BCUT2D eigenvalue weighted by Crippen LogP contribution is 2.29. The summed E-state index contributed by atoms with van der Waals surface area (Å²) in [4.78, 5) is 16.6. The van der Waals surface area contributed by atoms with Crippen LogP contribution in [0.15, 0.2) is 48.7 Å². The molecule has 0 aliphatic heterocycles. The third-order valence-electron chi connectivity index (χ3n) is 4.69. The molecular weight excluding hydrogens is 328 g/mol. The van der Waals surface area contributed by atoms with Crippen LogP contribution in [-0.4, -0.2) is 35.8 Å². The Bertz CT molecular complexity index is 714. The molecule has 1 saturated carbocycles. The highest BCUT2D eigenvalue weighted by molar-refractivity contribution is 5.93. The van der Waals surface area contributed by atoms with Gasteiger partial charge in [0.2, 0.25) is 5.88 Å². The first-order chi connectivity index (χ1) is 12.6. The number of benzene rings is 1. The molecule has 5 heteroatoms. The summed E-state index contributed by atoms with van der Waals surface area (Å²) in [6.45, 7) is 3.05. The molecule has 1 heterocycles. The summed E-state index contributed by atoms with van der Waals surface area (Å²) in [5.41, 5.74) is 1.21. The van der Waals surface area contributed by atoms with E-state index in [0.717, 1.165) is 5.56 Å². The number of amides is 1. The third kappa shape index (κ3) is 5.30. The fourth-order valence-corrected chi connectivity index (χ4v) is 2.75. The van der Waals surface area contributed by atoms with Gasteiger partial charge in [-0.25, -0.2) is 4.98 Å². The van der Waals surface area contributed by atoms with Gasteiger partial charge < -0.3 is 15.2 Å². The number of rotatable bonds is 9. The van der Waals surface area contributed by atoms with Gasteiger partial charge >= 0.3 is 0 Å². The minimum atomic E-state index is -0.419. The molecule has 0 bridgehead atoms. The Labute approximate surface area is 154 Å². The molecule has 1 aliphatic carbocycles. The molecule has 0 saturated heterocycles. The largest absolute Gasteiger partial charge is 0.477 e. The van der Waals surface area contributed by atoms with Crippen molar-refractivity contribution >= 4 is 5.91 Å². The summed E-state index contributed by atoms with van der Waals surface area (Å²) < 4.78 is 5.59. The molecule has 5 nitrogen and oxygen atoms in total. The van der Waals surface area contributed by atoms with Crippen molar-refractivity contribution in [3.05, 3.63) is 59.8 Å². The second kappa shape index (κ2) is 8.32. The number of aliphatic hydroxyl groups excluding tert-OH is 1. The van der Waals surface area contributed by atoms with Gasteiger partial charge in [-0.3, -0.25) is 4.79 Å². The van der Waals surface area contributed by atoms with E-state index in [2.05, 4.69) is 10.3 Å². The molecule has 26 heavy (non-hydrogen) atoms.